The van der Waals surface area contributed by atoms with Crippen LogP contribution in [-0.2, 0) is 4.74 Å². The summed E-state index contributed by atoms with van der Waals surface area (Å²) < 4.78 is 5.39. The first-order chi connectivity index (χ1) is 7.93. The Morgan fingerprint density at radius 1 is 1.31 bits per heavy atom. The molecule has 3 heterocycles. The van der Waals surface area contributed by atoms with Crippen molar-refractivity contribution in [2.75, 3.05) is 19.8 Å². The van der Waals surface area contributed by atoms with E-state index in [4.69, 9.17) is 4.74 Å². The summed E-state index contributed by atoms with van der Waals surface area (Å²) in [6, 6.07) is 2.14. The Hall–Kier alpha value is -1.73. The van der Waals surface area contributed by atoms with Crippen molar-refractivity contribution >= 4 is 0 Å². The first kappa shape index (κ1) is 9.49. The van der Waals surface area contributed by atoms with Crippen LogP contribution in [0.1, 0.15) is 11.7 Å². The molecule has 0 amide bonds. The van der Waals surface area contributed by atoms with E-state index in [-0.39, 0.29) is 6.04 Å². The number of aromatic nitrogens is 5. The van der Waals surface area contributed by atoms with E-state index in [9.17, 15) is 0 Å². The number of nitrogens with one attached hydrogen (secondary N) is 3. The third-order valence-corrected chi connectivity index (χ3v) is 2.57. The lowest BCUT2D eigenvalue weighted by Gasteiger charge is -2.22. The summed E-state index contributed by atoms with van der Waals surface area (Å²) in [6.07, 6.45) is 1.64. The summed E-state index contributed by atoms with van der Waals surface area (Å²) in [5.41, 5.74) is 2.54. The minimum atomic E-state index is 0.182. The Morgan fingerprint density at radius 2 is 2.31 bits per heavy atom. The van der Waals surface area contributed by atoms with Crippen LogP contribution in [0.15, 0.2) is 12.3 Å². The Bertz CT molecular complexity index is 444. The SMILES string of the molecule is c1n[nH]nc1-c1cc(C2COCCN2)[nH]n1. The monoisotopic (exact) mass is 220 g/mol. The highest BCUT2D eigenvalue weighted by Gasteiger charge is 2.18. The van der Waals surface area contributed by atoms with Crippen LogP contribution in [0, 0.1) is 0 Å². The Kier molecular flexibility index (Phi) is 2.39. The number of aromatic amines is 2. The number of nitrogens with zero attached hydrogens (tertiary/aromatic N) is 3. The fourth-order valence-electron chi connectivity index (χ4n) is 1.74. The van der Waals surface area contributed by atoms with Gasteiger partial charge in [0.1, 0.15) is 11.4 Å². The van der Waals surface area contributed by atoms with Crippen LogP contribution in [0.25, 0.3) is 11.4 Å². The van der Waals surface area contributed by atoms with E-state index in [1.54, 1.807) is 6.20 Å². The second-order valence-electron chi connectivity index (χ2n) is 3.65. The molecule has 1 aliphatic rings. The van der Waals surface area contributed by atoms with Crippen molar-refractivity contribution in [3.05, 3.63) is 18.0 Å². The van der Waals surface area contributed by atoms with Crippen molar-refractivity contribution in [3.63, 3.8) is 0 Å². The maximum Gasteiger partial charge on any atom is 0.133 e. The molecule has 16 heavy (non-hydrogen) atoms. The molecule has 7 nitrogen and oxygen atoms in total. The average molecular weight is 220 g/mol. The third kappa shape index (κ3) is 1.70. The molecule has 84 valence electrons. The van der Waals surface area contributed by atoms with E-state index >= 15 is 0 Å². The molecular weight excluding hydrogens is 208 g/mol. The lowest BCUT2D eigenvalue weighted by atomic mass is 10.2. The van der Waals surface area contributed by atoms with Crippen molar-refractivity contribution in [2.24, 2.45) is 0 Å². The molecule has 0 saturated carbocycles. The number of H-pyrrole nitrogens is 2. The molecule has 3 rings (SSSR count). The molecule has 0 aromatic carbocycles. The topological polar surface area (TPSA) is 91.5 Å². The molecule has 1 fully saturated rings. The molecule has 0 bridgehead atoms. The largest absolute Gasteiger partial charge is 0.378 e. The zero-order valence-corrected chi connectivity index (χ0v) is 8.60. The van der Waals surface area contributed by atoms with Gasteiger partial charge in [0.05, 0.1) is 31.1 Å². The summed E-state index contributed by atoms with van der Waals surface area (Å²) in [4.78, 5) is 0. The molecule has 1 unspecified atom stereocenters. The Morgan fingerprint density at radius 3 is 3.06 bits per heavy atom. The summed E-state index contributed by atoms with van der Waals surface area (Å²) in [6.45, 7) is 2.30. The minimum absolute atomic E-state index is 0.182. The second-order valence-corrected chi connectivity index (χ2v) is 3.65. The van der Waals surface area contributed by atoms with Crippen molar-refractivity contribution in [1.82, 2.24) is 30.9 Å². The maximum atomic E-state index is 5.39. The van der Waals surface area contributed by atoms with Gasteiger partial charge in [-0.3, -0.25) is 5.10 Å². The molecule has 0 spiro atoms. The third-order valence-electron chi connectivity index (χ3n) is 2.57. The number of rotatable bonds is 2. The predicted molar refractivity (Wildman–Crippen MR) is 55.5 cm³/mol. The zero-order valence-electron chi connectivity index (χ0n) is 8.60. The highest BCUT2D eigenvalue weighted by atomic mass is 16.5. The number of hydrogen-bond acceptors (Lipinski definition) is 5. The van der Waals surface area contributed by atoms with Gasteiger partial charge in [0.2, 0.25) is 0 Å². The van der Waals surface area contributed by atoms with Crippen LogP contribution < -0.4 is 5.32 Å². The average Bonchev–Trinajstić information content (AvgIpc) is 3.01. The number of morpholine rings is 1. The molecule has 1 aliphatic heterocycles. The van der Waals surface area contributed by atoms with Crippen molar-refractivity contribution in [2.45, 2.75) is 6.04 Å². The van der Waals surface area contributed by atoms with E-state index in [0.717, 1.165) is 30.2 Å². The van der Waals surface area contributed by atoms with Crippen LogP contribution in [0.5, 0.6) is 0 Å². The highest BCUT2D eigenvalue weighted by Crippen LogP contribution is 2.19. The number of hydrogen-bond donors (Lipinski definition) is 3. The summed E-state index contributed by atoms with van der Waals surface area (Å²) in [7, 11) is 0. The van der Waals surface area contributed by atoms with Gasteiger partial charge in [0.15, 0.2) is 0 Å². The molecule has 7 heteroatoms. The first-order valence-corrected chi connectivity index (χ1v) is 5.16. The lowest BCUT2D eigenvalue weighted by molar-refractivity contribution is 0.0756. The van der Waals surface area contributed by atoms with Crippen LogP contribution >= 0.6 is 0 Å². The maximum absolute atomic E-state index is 5.39. The molecule has 0 radical (unpaired) electrons. The summed E-state index contributed by atoms with van der Waals surface area (Å²) in [5.74, 6) is 0. The smallest absolute Gasteiger partial charge is 0.133 e. The van der Waals surface area contributed by atoms with E-state index in [2.05, 4.69) is 30.9 Å². The lowest BCUT2D eigenvalue weighted by Crippen LogP contribution is -2.34. The summed E-state index contributed by atoms with van der Waals surface area (Å²) >= 11 is 0. The van der Waals surface area contributed by atoms with E-state index < -0.39 is 0 Å². The fourth-order valence-corrected chi connectivity index (χ4v) is 1.74. The standard InChI is InChI=1S/C9H12N6O/c1-2-16-5-9(10-1)7-3-6(12-13-7)8-4-11-15-14-8/h3-4,9-10H,1-2,5H2,(H,12,13)(H,11,14,15). The van der Waals surface area contributed by atoms with Gasteiger partial charge >= 0.3 is 0 Å². The Balaban J connectivity index is 1.82. The Labute approximate surface area is 91.6 Å². The highest BCUT2D eigenvalue weighted by molar-refractivity contribution is 5.52. The number of ether oxygens (including phenoxy) is 1. The van der Waals surface area contributed by atoms with Crippen molar-refractivity contribution in [3.8, 4) is 11.4 Å². The normalized spacial score (nSPS) is 21.1. The van der Waals surface area contributed by atoms with Gasteiger partial charge in [-0.25, -0.2) is 0 Å². The second kappa shape index (κ2) is 4.03. The molecule has 0 aliphatic carbocycles. The van der Waals surface area contributed by atoms with Crippen molar-refractivity contribution < 1.29 is 4.74 Å². The van der Waals surface area contributed by atoms with Gasteiger partial charge in [0.25, 0.3) is 0 Å². The van der Waals surface area contributed by atoms with Gasteiger partial charge in [-0.15, -0.1) is 0 Å². The van der Waals surface area contributed by atoms with Crippen LogP contribution in [0.2, 0.25) is 0 Å². The summed E-state index contributed by atoms with van der Waals surface area (Å²) in [5, 5.41) is 20.8. The van der Waals surface area contributed by atoms with Gasteiger partial charge in [0, 0.05) is 6.54 Å². The molecule has 1 saturated heterocycles. The zero-order chi connectivity index (χ0) is 10.8. The quantitative estimate of drug-likeness (QED) is 0.655. The molecule has 3 N–H and O–H groups in total. The van der Waals surface area contributed by atoms with E-state index in [0.29, 0.717) is 6.61 Å². The van der Waals surface area contributed by atoms with Crippen LogP contribution in [0.4, 0.5) is 0 Å². The molecule has 1 atom stereocenters. The molecule has 2 aromatic rings. The van der Waals surface area contributed by atoms with Gasteiger partial charge in [-0.05, 0) is 6.07 Å². The van der Waals surface area contributed by atoms with Crippen LogP contribution in [0.3, 0.4) is 0 Å². The van der Waals surface area contributed by atoms with Crippen LogP contribution in [-0.4, -0.2) is 45.4 Å². The van der Waals surface area contributed by atoms with Gasteiger partial charge in [-0.1, -0.05) is 0 Å². The van der Waals surface area contributed by atoms with Gasteiger partial charge in [-0.2, -0.15) is 20.5 Å². The minimum Gasteiger partial charge on any atom is -0.378 e. The predicted octanol–water partition coefficient (Wildman–Crippen LogP) is -0.144. The molecule has 2 aromatic heterocycles. The van der Waals surface area contributed by atoms with Gasteiger partial charge < -0.3 is 10.1 Å². The van der Waals surface area contributed by atoms with E-state index in [1.165, 1.54) is 0 Å². The first-order valence-electron chi connectivity index (χ1n) is 5.16. The van der Waals surface area contributed by atoms with E-state index in [1.807, 2.05) is 6.07 Å². The fraction of sp³-hybridized carbons (Fsp3) is 0.444. The van der Waals surface area contributed by atoms with Crippen molar-refractivity contribution in [1.29, 1.82) is 0 Å². The molecular formula is C9H12N6O.